The van der Waals surface area contributed by atoms with E-state index in [4.69, 9.17) is 5.73 Å². The summed E-state index contributed by atoms with van der Waals surface area (Å²) < 4.78 is 0. The lowest BCUT2D eigenvalue weighted by molar-refractivity contribution is 0.0635. The molecule has 1 aromatic rings. The second kappa shape index (κ2) is 8.38. The zero-order valence-corrected chi connectivity index (χ0v) is 12.8. The Kier molecular flexibility index (Phi) is 6.21. The summed E-state index contributed by atoms with van der Waals surface area (Å²) in [4.78, 5) is 27.1. The third-order valence-corrected chi connectivity index (χ3v) is 3.88. The molecule has 1 aliphatic rings. The van der Waals surface area contributed by atoms with Crippen LogP contribution in [-0.2, 0) is 0 Å². The molecular weight excluding hydrogens is 280 g/mol. The van der Waals surface area contributed by atoms with E-state index >= 15 is 0 Å². The van der Waals surface area contributed by atoms with Crippen LogP contribution in [-0.4, -0.2) is 61.0 Å². The van der Waals surface area contributed by atoms with E-state index < -0.39 is 6.03 Å². The molecule has 1 fully saturated rings. The van der Waals surface area contributed by atoms with Gasteiger partial charge in [-0.25, -0.2) is 4.79 Å². The van der Waals surface area contributed by atoms with Gasteiger partial charge < -0.3 is 16.0 Å². The number of nitrogens with zero attached hydrogens (tertiary/aromatic N) is 2. The molecule has 0 aromatic heterocycles. The topological polar surface area (TPSA) is 78.7 Å². The Labute approximate surface area is 131 Å². The van der Waals surface area contributed by atoms with Crippen LogP contribution >= 0.6 is 0 Å². The Morgan fingerprint density at radius 2 is 1.73 bits per heavy atom. The summed E-state index contributed by atoms with van der Waals surface area (Å²) in [5.41, 5.74) is 5.77. The molecule has 0 saturated carbocycles. The maximum atomic E-state index is 12.3. The first-order valence-corrected chi connectivity index (χ1v) is 7.77. The van der Waals surface area contributed by atoms with E-state index in [-0.39, 0.29) is 5.91 Å². The summed E-state index contributed by atoms with van der Waals surface area (Å²) in [6.07, 6.45) is 1.94. The highest BCUT2D eigenvalue weighted by Crippen LogP contribution is 2.09. The number of carbonyl (C=O) groups is 2. The fraction of sp³-hybridized carbons (Fsp3) is 0.500. The quantitative estimate of drug-likeness (QED) is 0.766. The zero-order chi connectivity index (χ0) is 15.8. The predicted octanol–water partition coefficient (Wildman–Crippen LogP) is 0.893. The van der Waals surface area contributed by atoms with Gasteiger partial charge in [-0.3, -0.25) is 9.69 Å². The highest BCUT2D eigenvalue weighted by Gasteiger charge is 2.21. The van der Waals surface area contributed by atoms with Crippen molar-refractivity contribution in [3.8, 4) is 0 Å². The van der Waals surface area contributed by atoms with E-state index in [9.17, 15) is 9.59 Å². The first-order valence-electron chi connectivity index (χ1n) is 7.77. The number of rotatable bonds is 6. The third kappa shape index (κ3) is 5.04. The van der Waals surface area contributed by atoms with Crippen LogP contribution in [0.25, 0.3) is 0 Å². The number of carbonyl (C=O) groups excluding carboxylic acids is 2. The van der Waals surface area contributed by atoms with Crippen molar-refractivity contribution in [1.29, 1.82) is 0 Å². The number of hydrogen-bond acceptors (Lipinski definition) is 3. The largest absolute Gasteiger partial charge is 0.352 e. The summed E-state index contributed by atoms with van der Waals surface area (Å²) in [5.74, 6) is 0.117. The molecule has 0 unspecified atom stereocenters. The van der Waals surface area contributed by atoms with Gasteiger partial charge in [-0.15, -0.1) is 0 Å². The monoisotopic (exact) mass is 304 g/mol. The van der Waals surface area contributed by atoms with Crippen molar-refractivity contribution in [3.63, 3.8) is 0 Å². The number of urea groups is 1. The van der Waals surface area contributed by atoms with Gasteiger partial charge in [0.15, 0.2) is 0 Å². The van der Waals surface area contributed by atoms with Crippen LogP contribution in [0.4, 0.5) is 4.79 Å². The molecule has 120 valence electrons. The van der Waals surface area contributed by atoms with Crippen molar-refractivity contribution >= 4 is 11.9 Å². The molecule has 0 atom stereocenters. The molecule has 1 saturated heterocycles. The van der Waals surface area contributed by atoms with E-state index in [1.54, 1.807) is 0 Å². The van der Waals surface area contributed by atoms with Gasteiger partial charge in [0.2, 0.25) is 0 Å². The van der Waals surface area contributed by atoms with Gasteiger partial charge in [-0.1, -0.05) is 18.2 Å². The lowest BCUT2D eigenvalue weighted by atomic mass is 10.2. The van der Waals surface area contributed by atoms with E-state index in [0.717, 1.165) is 51.1 Å². The molecule has 0 aliphatic carbocycles. The van der Waals surface area contributed by atoms with Crippen molar-refractivity contribution in [2.24, 2.45) is 5.73 Å². The highest BCUT2D eigenvalue weighted by atomic mass is 16.2. The van der Waals surface area contributed by atoms with Gasteiger partial charge >= 0.3 is 6.03 Å². The summed E-state index contributed by atoms with van der Waals surface area (Å²) in [6.45, 7) is 4.97. The molecule has 0 radical (unpaired) electrons. The zero-order valence-electron chi connectivity index (χ0n) is 12.8. The van der Waals surface area contributed by atoms with E-state index in [1.165, 1.54) is 0 Å². The number of piperazine rings is 1. The van der Waals surface area contributed by atoms with Gasteiger partial charge in [0.1, 0.15) is 0 Å². The van der Waals surface area contributed by atoms with E-state index in [2.05, 4.69) is 10.2 Å². The second-order valence-electron chi connectivity index (χ2n) is 5.50. The first kappa shape index (κ1) is 16.3. The van der Waals surface area contributed by atoms with Gasteiger partial charge in [-0.05, 0) is 31.5 Å². The minimum absolute atomic E-state index is 0.117. The Morgan fingerprint density at radius 1 is 1.05 bits per heavy atom. The Bertz CT molecular complexity index is 484. The predicted molar refractivity (Wildman–Crippen MR) is 85.6 cm³/mol. The van der Waals surface area contributed by atoms with Crippen molar-refractivity contribution in [2.75, 3.05) is 39.3 Å². The lowest BCUT2D eigenvalue weighted by Gasteiger charge is -2.34. The molecule has 6 nitrogen and oxygen atoms in total. The molecular formula is C16H24N4O2. The summed E-state index contributed by atoms with van der Waals surface area (Å²) in [6, 6.07) is 8.96. The summed E-state index contributed by atoms with van der Waals surface area (Å²) in [5, 5.41) is 2.59. The summed E-state index contributed by atoms with van der Waals surface area (Å²) in [7, 11) is 0. The Balaban J connectivity index is 1.65. The fourth-order valence-corrected chi connectivity index (χ4v) is 2.61. The molecule has 3 amide bonds. The number of hydrogen-bond donors (Lipinski definition) is 2. The van der Waals surface area contributed by atoms with Gasteiger partial charge in [-0.2, -0.15) is 0 Å². The molecule has 2 rings (SSSR count). The standard InChI is InChI=1S/C16H24N4O2/c17-16(22)18-8-4-5-9-19-10-12-20(13-11-19)15(21)14-6-2-1-3-7-14/h1-3,6-7H,4-5,8-13H2,(H3,17,18,22). The molecule has 1 aromatic carbocycles. The first-order chi connectivity index (χ1) is 10.7. The number of nitrogens with one attached hydrogen (secondary N) is 1. The van der Waals surface area contributed by atoms with Gasteiger partial charge in [0.25, 0.3) is 5.91 Å². The van der Waals surface area contributed by atoms with Crippen molar-refractivity contribution in [3.05, 3.63) is 35.9 Å². The van der Waals surface area contributed by atoms with Crippen LogP contribution in [0.2, 0.25) is 0 Å². The van der Waals surface area contributed by atoms with Crippen LogP contribution in [0.3, 0.4) is 0 Å². The minimum atomic E-state index is -0.465. The maximum absolute atomic E-state index is 12.3. The lowest BCUT2D eigenvalue weighted by Crippen LogP contribution is -2.48. The molecule has 6 heteroatoms. The average Bonchev–Trinajstić information content (AvgIpc) is 2.55. The molecule has 3 N–H and O–H groups in total. The van der Waals surface area contributed by atoms with Crippen LogP contribution < -0.4 is 11.1 Å². The van der Waals surface area contributed by atoms with Crippen molar-refractivity contribution < 1.29 is 9.59 Å². The van der Waals surface area contributed by atoms with Crippen molar-refractivity contribution in [2.45, 2.75) is 12.8 Å². The van der Waals surface area contributed by atoms with Crippen LogP contribution in [0.15, 0.2) is 30.3 Å². The number of benzene rings is 1. The van der Waals surface area contributed by atoms with Gasteiger partial charge in [0.05, 0.1) is 0 Å². The molecule has 0 bridgehead atoms. The van der Waals surface area contributed by atoms with Crippen LogP contribution in [0.1, 0.15) is 23.2 Å². The smallest absolute Gasteiger partial charge is 0.312 e. The Morgan fingerprint density at radius 3 is 2.36 bits per heavy atom. The summed E-state index contributed by atoms with van der Waals surface area (Å²) >= 11 is 0. The van der Waals surface area contributed by atoms with E-state index in [0.29, 0.717) is 6.54 Å². The number of primary amides is 1. The average molecular weight is 304 g/mol. The Hall–Kier alpha value is -2.08. The molecule has 1 heterocycles. The van der Waals surface area contributed by atoms with Gasteiger partial charge in [0, 0.05) is 38.3 Å². The minimum Gasteiger partial charge on any atom is -0.352 e. The highest BCUT2D eigenvalue weighted by molar-refractivity contribution is 5.94. The van der Waals surface area contributed by atoms with Crippen LogP contribution in [0.5, 0.6) is 0 Å². The van der Waals surface area contributed by atoms with Crippen LogP contribution in [0, 0.1) is 0 Å². The third-order valence-electron chi connectivity index (χ3n) is 3.88. The number of amides is 3. The number of nitrogens with two attached hydrogens (primary N) is 1. The normalized spacial score (nSPS) is 15.5. The maximum Gasteiger partial charge on any atom is 0.312 e. The number of unbranched alkanes of at least 4 members (excludes halogenated alkanes) is 1. The fourth-order valence-electron chi connectivity index (χ4n) is 2.61. The second-order valence-corrected chi connectivity index (χ2v) is 5.50. The SMILES string of the molecule is NC(=O)NCCCCN1CCN(C(=O)c2ccccc2)CC1. The van der Waals surface area contributed by atoms with Crippen molar-refractivity contribution in [1.82, 2.24) is 15.1 Å². The molecule has 22 heavy (non-hydrogen) atoms. The van der Waals surface area contributed by atoms with E-state index in [1.807, 2.05) is 35.2 Å². The molecule has 0 spiro atoms. The molecule has 1 aliphatic heterocycles.